The third-order valence-corrected chi connectivity index (χ3v) is 2.05. The van der Waals surface area contributed by atoms with Crippen LogP contribution < -0.4 is 0 Å². The maximum absolute atomic E-state index is 12.3. The molecule has 0 aliphatic rings. The smallest absolute Gasteiger partial charge is 0.115 e. The van der Waals surface area contributed by atoms with Gasteiger partial charge in [-0.2, -0.15) is 0 Å². The Bertz CT molecular complexity index is 260. The molecule has 0 bridgehead atoms. The van der Waals surface area contributed by atoms with E-state index in [0.29, 0.717) is 5.56 Å². The van der Waals surface area contributed by atoms with Gasteiger partial charge in [0.25, 0.3) is 0 Å². The monoisotopic (exact) mass is 182 g/mol. The highest BCUT2D eigenvalue weighted by molar-refractivity contribution is 5.24. The number of aliphatic hydroxyl groups is 1. The van der Waals surface area contributed by atoms with E-state index in [1.54, 1.807) is 18.2 Å². The van der Waals surface area contributed by atoms with Gasteiger partial charge in [-0.3, -0.25) is 0 Å². The van der Waals surface area contributed by atoms with Crippen LogP contribution in [0.15, 0.2) is 24.3 Å². The van der Waals surface area contributed by atoms with Gasteiger partial charge in [0.15, 0.2) is 0 Å². The van der Waals surface area contributed by atoms with Crippen molar-refractivity contribution in [2.24, 2.45) is 0 Å². The van der Waals surface area contributed by atoms with Crippen molar-refractivity contribution >= 4 is 0 Å². The van der Waals surface area contributed by atoms with Gasteiger partial charge in [-0.05, 0) is 17.5 Å². The molecular formula is C11H15FO. The molecule has 0 radical (unpaired) electrons. The minimum Gasteiger partial charge on any atom is -0.388 e. The summed E-state index contributed by atoms with van der Waals surface area (Å²) >= 11 is 0. The van der Waals surface area contributed by atoms with E-state index in [1.165, 1.54) is 0 Å². The molecular weight excluding hydrogens is 167 g/mol. The first-order valence-electron chi connectivity index (χ1n) is 4.60. The SMILES string of the molecule is CCCC(O)c1cccc(CF)c1. The zero-order valence-corrected chi connectivity index (χ0v) is 7.83. The van der Waals surface area contributed by atoms with Crippen LogP contribution in [0, 0.1) is 0 Å². The van der Waals surface area contributed by atoms with E-state index in [0.717, 1.165) is 18.4 Å². The van der Waals surface area contributed by atoms with Gasteiger partial charge >= 0.3 is 0 Å². The van der Waals surface area contributed by atoms with Crippen molar-refractivity contribution in [3.63, 3.8) is 0 Å². The largest absolute Gasteiger partial charge is 0.388 e. The number of benzene rings is 1. The maximum Gasteiger partial charge on any atom is 0.115 e. The Hall–Kier alpha value is -0.890. The van der Waals surface area contributed by atoms with Crippen LogP contribution in [0.5, 0.6) is 0 Å². The minimum absolute atomic E-state index is 0.448. The van der Waals surface area contributed by atoms with E-state index in [-0.39, 0.29) is 0 Å². The van der Waals surface area contributed by atoms with Crippen molar-refractivity contribution in [3.8, 4) is 0 Å². The summed E-state index contributed by atoms with van der Waals surface area (Å²) in [6.45, 7) is 1.55. The van der Waals surface area contributed by atoms with Crippen LogP contribution in [0.2, 0.25) is 0 Å². The molecule has 0 amide bonds. The highest BCUT2D eigenvalue weighted by atomic mass is 19.1. The van der Waals surface area contributed by atoms with Crippen molar-refractivity contribution in [3.05, 3.63) is 35.4 Å². The quantitative estimate of drug-likeness (QED) is 0.759. The predicted molar refractivity (Wildman–Crippen MR) is 51.1 cm³/mol. The van der Waals surface area contributed by atoms with Crippen molar-refractivity contribution in [1.29, 1.82) is 0 Å². The Labute approximate surface area is 78.2 Å². The lowest BCUT2D eigenvalue weighted by Gasteiger charge is -2.09. The first kappa shape index (κ1) is 10.2. The van der Waals surface area contributed by atoms with E-state index < -0.39 is 12.8 Å². The van der Waals surface area contributed by atoms with Crippen LogP contribution >= 0.6 is 0 Å². The summed E-state index contributed by atoms with van der Waals surface area (Å²) in [7, 11) is 0. The third-order valence-electron chi connectivity index (χ3n) is 2.05. The van der Waals surface area contributed by atoms with Crippen LogP contribution in [0.4, 0.5) is 4.39 Å². The number of alkyl halides is 1. The molecule has 0 heterocycles. The third kappa shape index (κ3) is 2.81. The summed E-state index contributed by atoms with van der Waals surface area (Å²) in [6, 6.07) is 7.06. The maximum atomic E-state index is 12.3. The first-order valence-corrected chi connectivity index (χ1v) is 4.60. The number of halogens is 1. The van der Waals surface area contributed by atoms with Crippen molar-refractivity contribution in [2.45, 2.75) is 32.5 Å². The van der Waals surface area contributed by atoms with E-state index in [1.807, 2.05) is 13.0 Å². The van der Waals surface area contributed by atoms with Gasteiger partial charge in [0.05, 0.1) is 6.10 Å². The number of rotatable bonds is 4. The lowest BCUT2D eigenvalue weighted by atomic mass is 10.0. The summed E-state index contributed by atoms with van der Waals surface area (Å²) < 4.78 is 12.3. The van der Waals surface area contributed by atoms with E-state index in [2.05, 4.69) is 0 Å². The van der Waals surface area contributed by atoms with Gasteiger partial charge in [0.2, 0.25) is 0 Å². The molecule has 0 aliphatic carbocycles. The lowest BCUT2D eigenvalue weighted by Crippen LogP contribution is -1.97. The second-order valence-electron chi connectivity index (χ2n) is 3.18. The normalized spacial score (nSPS) is 12.8. The zero-order valence-electron chi connectivity index (χ0n) is 7.83. The Kier molecular flexibility index (Phi) is 3.90. The molecule has 1 N–H and O–H groups in total. The highest BCUT2D eigenvalue weighted by Gasteiger charge is 2.05. The van der Waals surface area contributed by atoms with Crippen LogP contribution in [0.3, 0.4) is 0 Å². The molecule has 2 heteroatoms. The molecule has 0 fully saturated rings. The number of hydrogen-bond donors (Lipinski definition) is 1. The Morgan fingerprint density at radius 1 is 1.46 bits per heavy atom. The Balaban J connectivity index is 2.75. The molecule has 1 aromatic carbocycles. The number of aliphatic hydroxyl groups excluding tert-OH is 1. The minimum atomic E-state index is -0.466. The second kappa shape index (κ2) is 4.97. The van der Waals surface area contributed by atoms with E-state index >= 15 is 0 Å². The van der Waals surface area contributed by atoms with Gasteiger partial charge in [-0.15, -0.1) is 0 Å². The lowest BCUT2D eigenvalue weighted by molar-refractivity contribution is 0.166. The molecule has 1 unspecified atom stereocenters. The summed E-state index contributed by atoms with van der Waals surface area (Å²) in [6.07, 6.45) is 1.22. The fourth-order valence-corrected chi connectivity index (χ4v) is 1.32. The molecule has 0 aromatic heterocycles. The second-order valence-corrected chi connectivity index (χ2v) is 3.18. The first-order chi connectivity index (χ1) is 6.27. The van der Waals surface area contributed by atoms with Gasteiger partial charge in [0.1, 0.15) is 6.67 Å². The van der Waals surface area contributed by atoms with Crippen molar-refractivity contribution in [2.75, 3.05) is 0 Å². The molecule has 0 saturated carbocycles. The summed E-state index contributed by atoms with van der Waals surface area (Å²) in [5, 5.41) is 9.62. The molecule has 1 atom stereocenters. The Morgan fingerprint density at radius 2 is 2.23 bits per heavy atom. The molecule has 1 nitrogen and oxygen atoms in total. The fourth-order valence-electron chi connectivity index (χ4n) is 1.32. The summed E-state index contributed by atoms with van der Waals surface area (Å²) in [5.74, 6) is 0. The van der Waals surface area contributed by atoms with Crippen LogP contribution in [0.25, 0.3) is 0 Å². The van der Waals surface area contributed by atoms with Gasteiger partial charge in [-0.1, -0.05) is 37.6 Å². The number of hydrogen-bond acceptors (Lipinski definition) is 1. The van der Waals surface area contributed by atoms with Gasteiger partial charge in [0, 0.05) is 0 Å². The Morgan fingerprint density at radius 3 is 2.85 bits per heavy atom. The standard InChI is InChI=1S/C11H15FO/c1-2-4-11(13)10-6-3-5-9(7-10)8-12/h3,5-7,11,13H,2,4,8H2,1H3. The summed E-state index contributed by atoms with van der Waals surface area (Å²) in [4.78, 5) is 0. The van der Waals surface area contributed by atoms with E-state index in [4.69, 9.17) is 0 Å². The van der Waals surface area contributed by atoms with E-state index in [9.17, 15) is 9.50 Å². The zero-order chi connectivity index (χ0) is 9.68. The molecule has 1 rings (SSSR count). The average molecular weight is 182 g/mol. The molecule has 0 spiro atoms. The topological polar surface area (TPSA) is 20.2 Å². The highest BCUT2D eigenvalue weighted by Crippen LogP contribution is 2.19. The van der Waals surface area contributed by atoms with Crippen LogP contribution in [-0.4, -0.2) is 5.11 Å². The molecule has 72 valence electrons. The van der Waals surface area contributed by atoms with Crippen LogP contribution in [-0.2, 0) is 6.67 Å². The molecule has 0 aliphatic heterocycles. The predicted octanol–water partition coefficient (Wildman–Crippen LogP) is 2.99. The fraction of sp³-hybridized carbons (Fsp3) is 0.455. The van der Waals surface area contributed by atoms with Gasteiger partial charge < -0.3 is 5.11 Å². The molecule has 13 heavy (non-hydrogen) atoms. The van der Waals surface area contributed by atoms with Crippen LogP contribution in [0.1, 0.15) is 37.0 Å². The average Bonchev–Trinajstić information content (AvgIpc) is 2.18. The van der Waals surface area contributed by atoms with Crippen molar-refractivity contribution in [1.82, 2.24) is 0 Å². The van der Waals surface area contributed by atoms with Gasteiger partial charge in [-0.25, -0.2) is 4.39 Å². The molecule has 0 saturated heterocycles. The molecule has 1 aromatic rings. The van der Waals surface area contributed by atoms with Crippen molar-refractivity contribution < 1.29 is 9.50 Å². The summed E-state index contributed by atoms with van der Waals surface area (Å²) in [5.41, 5.74) is 1.45.